The third-order valence-corrected chi connectivity index (χ3v) is 5.27. The first-order valence-electron chi connectivity index (χ1n) is 10.1. The number of aromatic nitrogens is 2. The van der Waals surface area contributed by atoms with Gasteiger partial charge in [0.05, 0.1) is 18.1 Å². The number of benzene rings is 1. The third-order valence-electron chi connectivity index (χ3n) is 5.27. The van der Waals surface area contributed by atoms with E-state index in [-0.39, 0.29) is 11.5 Å². The van der Waals surface area contributed by atoms with Crippen LogP contribution >= 0.6 is 0 Å². The highest BCUT2D eigenvalue weighted by Gasteiger charge is 2.35. The van der Waals surface area contributed by atoms with Crippen molar-refractivity contribution in [1.29, 1.82) is 0 Å². The molecule has 1 aliphatic heterocycles. The predicted molar refractivity (Wildman–Crippen MR) is 114 cm³/mol. The third kappa shape index (κ3) is 5.13. The summed E-state index contributed by atoms with van der Waals surface area (Å²) >= 11 is 0. The summed E-state index contributed by atoms with van der Waals surface area (Å²) < 4.78 is 8.13. The molecule has 1 fully saturated rings. The molecule has 3 rings (SSSR count). The van der Waals surface area contributed by atoms with Gasteiger partial charge in [0.15, 0.2) is 5.96 Å². The summed E-state index contributed by atoms with van der Waals surface area (Å²) in [6, 6.07) is 8.32. The Labute approximate surface area is 168 Å². The van der Waals surface area contributed by atoms with E-state index in [9.17, 15) is 0 Å². The van der Waals surface area contributed by atoms with E-state index in [0.717, 1.165) is 31.2 Å². The zero-order valence-corrected chi connectivity index (χ0v) is 17.5. The molecule has 28 heavy (non-hydrogen) atoms. The first-order valence-corrected chi connectivity index (χ1v) is 10.1. The number of imidazole rings is 1. The summed E-state index contributed by atoms with van der Waals surface area (Å²) in [7, 11) is 1.82. The van der Waals surface area contributed by atoms with Crippen LogP contribution in [0, 0.1) is 11.3 Å². The number of guanidine groups is 1. The minimum Gasteiger partial charge on any atom is -0.377 e. The maximum Gasteiger partial charge on any atom is 0.191 e. The molecule has 2 unspecified atom stereocenters. The highest BCUT2D eigenvalue weighted by Crippen LogP contribution is 2.33. The number of hydrogen-bond donors (Lipinski definition) is 2. The molecule has 0 aliphatic carbocycles. The predicted octanol–water partition coefficient (Wildman–Crippen LogP) is 3.38. The molecule has 0 spiro atoms. The largest absolute Gasteiger partial charge is 0.377 e. The van der Waals surface area contributed by atoms with E-state index in [4.69, 9.17) is 4.74 Å². The zero-order valence-electron chi connectivity index (χ0n) is 17.5. The van der Waals surface area contributed by atoms with Crippen LogP contribution in [0.5, 0.6) is 0 Å². The topological polar surface area (TPSA) is 63.5 Å². The molecule has 2 heterocycles. The maximum absolute atomic E-state index is 6.10. The van der Waals surface area contributed by atoms with Crippen molar-refractivity contribution >= 4 is 5.96 Å². The molecule has 1 aliphatic rings. The van der Waals surface area contributed by atoms with Gasteiger partial charge in [0.2, 0.25) is 0 Å². The maximum atomic E-state index is 6.10. The summed E-state index contributed by atoms with van der Waals surface area (Å²) in [5.41, 5.74) is 2.46. The molecule has 6 nitrogen and oxygen atoms in total. The van der Waals surface area contributed by atoms with Crippen molar-refractivity contribution in [3.8, 4) is 5.69 Å². The number of nitrogens with zero attached hydrogens (tertiary/aromatic N) is 3. The van der Waals surface area contributed by atoms with Crippen molar-refractivity contribution in [3.63, 3.8) is 0 Å². The zero-order chi connectivity index (χ0) is 20.0. The molecule has 1 aromatic carbocycles. The SMILES string of the molecule is CN=C(NCc1ccccc1-n1ccnc1)NCC1CCCOC1C(C)(C)C. The van der Waals surface area contributed by atoms with Crippen LogP contribution in [0.15, 0.2) is 48.0 Å². The molecular weight excluding hydrogens is 350 g/mol. The Morgan fingerprint density at radius 1 is 1.29 bits per heavy atom. The average molecular weight is 384 g/mol. The van der Waals surface area contributed by atoms with E-state index in [1.54, 1.807) is 6.20 Å². The second-order valence-corrected chi connectivity index (χ2v) is 8.47. The van der Waals surface area contributed by atoms with Gasteiger partial charge in [-0.3, -0.25) is 4.99 Å². The average Bonchev–Trinajstić information content (AvgIpc) is 3.22. The molecule has 152 valence electrons. The van der Waals surface area contributed by atoms with Gasteiger partial charge in [-0.1, -0.05) is 39.0 Å². The molecule has 0 radical (unpaired) electrons. The summed E-state index contributed by atoms with van der Waals surface area (Å²) in [4.78, 5) is 8.56. The lowest BCUT2D eigenvalue weighted by atomic mass is 9.78. The number of para-hydroxylation sites is 1. The quantitative estimate of drug-likeness (QED) is 0.614. The number of ether oxygens (including phenoxy) is 1. The monoisotopic (exact) mass is 383 g/mol. The van der Waals surface area contributed by atoms with E-state index < -0.39 is 0 Å². The number of nitrogens with one attached hydrogen (secondary N) is 2. The Morgan fingerprint density at radius 3 is 2.82 bits per heavy atom. The summed E-state index contributed by atoms with van der Waals surface area (Å²) in [5, 5.41) is 6.95. The molecule has 1 saturated heterocycles. The molecule has 1 aromatic heterocycles. The Morgan fingerprint density at radius 2 is 2.11 bits per heavy atom. The van der Waals surface area contributed by atoms with Gasteiger partial charge in [0.1, 0.15) is 0 Å². The fraction of sp³-hybridized carbons (Fsp3) is 0.545. The van der Waals surface area contributed by atoms with Gasteiger partial charge in [0.25, 0.3) is 0 Å². The second kappa shape index (κ2) is 9.24. The molecule has 2 N–H and O–H groups in total. The Kier molecular flexibility index (Phi) is 6.73. The Bertz CT molecular complexity index is 763. The van der Waals surface area contributed by atoms with E-state index in [1.807, 2.05) is 30.2 Å². The lowest BCUT2D eigenvalue weighted by molar-refractivity contribution is -0.0835. The van der Waals surface area contributed by atoms with Crippen LogP contribution in [-0.2, 0) is 11.3 Å². The van der Waals surface area contributed by atoms with Crippen LogP contribution in [0.4, 0.5) is 0 Å². The van der Waals surface area contributed by atoms with Crippen LogP contribution in [0.2, 0.25) is 0 Å². The number of hydrogen-bond acceptors (Lipinski definition) is 3. The van der Waals surface area contributed by atoms with Gasteiger partial charge in [0, 0.05) is 45.1 Å². The summed E-state index contributed by atoms with van der Waals surface area (Å²) in [6.07, 6.45) is 8.17. The van der Waals surface area contributed by atoms with Gasteiger partial charge in [-0.05, 0) is 29.9 Å². The van der Waals surface area contributed by atoms with E-state index in [0.29, 0.717) is 12.5 Å². The van der Waals surface area contributed by atoms with E-state index in [1.165, 1.54) is 12.0 Å². The smallest absolute Gasteiger partial charge is 0.191 e. The van der Waals surface area contributed by atoms with E-state index in [2.05, 4.69) is 59.6 Å². The van der Waals surface area contributed by atoms with Gasteiger partial charge >= 0.3 is 0 Å². The highest BCUT2D eigenvalue weighted by atomic mass is 16.5. The minimum atomic E-state index is 0.146. The molecule has 0 bridgehead atoms. The second-order valence-electron chi connectivity index (χ2n) is 8.47. The van der Waals surface area contributed by atoms with Gasteiger partial charge in [-0.25, -0.2) is 4.98 Å². The summed E-state index contributed by atoms with van der Waals surface area (Å²) in [5.74, 6) is 1.31. The first-order chi connectivity index (χ1) is 13.5. The van der Waals surface area contributed by atoms with Gasteiger partial charge < -0.3 is 19.9 Å². The van der Waals surface area contributed by atoms with Crippen molar-refractivity contribution in [1.82, 2.24) is 20.2 Å². The normalized spacial score (nSPS) is 20.8. The lowest BCUT2D eigenvalue weighted by Gasteiger charge is -2.40. The van der Waals surface area contributed by atoms with E-state index >= 15 is 0 Å². The fourth-order valence-electron chi connectivity index (χ4n) is 3.95. The highest BCUT2D eigenvalue weighted by molar-refractivity contribution is 5.79. The van der Waals surface area contributed by atoms with Crippen LogP contribution in [0.1, 0.15) is 39.2 Å². The number of rotatable bonds is 5. The van der Waals surface area contributed by atoms with Crippen LogP contribution < -0.4 is 10.6 Å². The molecule has 0 saturated carbocycles. The fourth-order valence-corrected chi connectivity index (χ4v) is 3.95. The molecular formula is C22H33N5O. The van der Waals surface area contributed by atoms with Crippen LogP contribution in [0.25, 0.3) is 5.69 Å². The minimum absolute atomic E-state index is 0.146. The van der Waals surface area contributed by atoms with Crippen LogP contribution in [0.3, 0.4) is 0 Å². The van der Waals surface area contributed by atoms with Gasteiger partial charge in [-0.2, -0.15) is 0 Å². The molecule has 2 aromatic rings. The number of aliphatic imine (C=N–C) groups is 1. The van der Waals surface area contributed by atoms with Crippen LogP contribution in [-0.4, -0.2) is 41.8 Å². The first kappa shape index (κ1) is 20.4. The van der Waals surface area contributed by atoms with Crippen molar-refractivity contribution in [2.75, 3.05) is 20.2 Å². The summed E-state index contributed by atoms with van der Waals surface area (Å²) in [6.45, 7) is 9.21. The Balaban J connectivity index is 1.59. The van der Waals surface area contributed by atoms with Gasteiger partial charge in [-0.15, -0.1) is 0 Å². The van der Waals surface area contributed by atoms with Crippen molar-refractivity contribution < 1.29 is 4.74 Å². The standard InChI is InChI=1S/C22H33N5O/c1-22(2,3)20-18(9-7-13-28-20)15-26-21(23-4)25-14-17-8-5-6-10-19(17)27-12-11-24-16-27/h5-6,8,10-12,16,18,20H,7,9,13-15H2,1-4H3,(H2,23,25,26). The Hall–Kier alpha value is -2.34. The van der Waals surface area contributed by atoms with Crippen molar-refractivity contribution in [2.24, 2.45) is 16.3 Å². The molecule has 6 heteroatoms. The molecule has 0 amide bonds. The van der Waals surface area contributed by atoms with Crippen molar-refractivity contribution in [3.05, 3.63) is 48.5 Å². The lowest BCUT2D eigenvalue weighted by Crippen LogP contribution is -2.47. The van der Waals surface area contributed by atoms with Crippen molar-refractivity contribution in [2.45, 2.75) is 46.3 Å². The molecule has 2 atom stereocenters.